The number of carbonyl (C=O) groups is 1. The van der Waals surface area contributed by atoms with Crippen LogP contribution in [-0.4, -0.2) is 30.6 Å². The number of esters is 1. The average Bonchev–Trinajstić information content (AvgIpc) is 2.05. The number of likely N-dealkylation sites (N-methyl/N-ethyl adjacent to an activating group) is 1. The molecule has 0 bridgehead atoms. The Balaban J connectivity index is 2.56. The summed E-state index contributed by atoms with van der Waals surface area (Å²) in [5.41, 5.74) is 0. The van der Waals surface area contributed by atoms with Crippen molar-refractivity contribution >= 4 is 5.97 Å². The first-order valence-corrected chi connectivity index (χ1v) is 3.99. The van der Waals surface area contributed by atoms with Gasteiger partial charge in [-0.2, -0.15) is 0 Å². The zero-order chi connectivity index (χ0) is 8.97. The van der Waals surface area contributed by atoms with E-state index in [1.165, 1.54) is 0 Å². The lowest BCUT2D eigenvalue weighted by atomic mass is 10.2. The van der Waals surface area contributed by atoms with Crippen LogP contribution in [0, 0.1) is 0 Å². The van der Waals surface area contributed by atoms with Gasteiger partial charge in [-0.05, 0) is 19.2 Å². The van der Waals surface area contributed by atoms with Crippen LogP contribution in [0.5, 0.6) is 0 Å². The van der Waals surface area contributed by atoms with E-state index in [1.807, 2.05) is 36.4 Å². The summed E-state index contributed by atoms with van der Waals surface area (Å²) >= 11 is 0. The monoisotopic (exact) mass is 167 g/mol. The second-order valence-electron chi connectivity index (χ2n) is 2.59. The van der Waals surface area contributed by atoms with Gasteiger partial charge in [0.05, 0.1) is 6.61 Å². The quantitative estimate of drug-likeness (QED) is 0.573. The molecule has 0 radical (unpaired) electrons. The molecule has 12 heavy (non-hydrogen) atoms. The third kappa shape index (κ3) is 1.87. The summed E-state index contributed by atoms with van der Waals surface area (Å²) in [5, 5.41) is 0. The standard InChI is InChI=1S/C9H13NO2/c1-3-12-9(11)8-6-4-5-7-10(8)2/h4-8H,3H2,1-2H3. The molecule has 66 valence electrons. The number of allylic oxidation sites excluding steroid dienone is 2. The van der Waals surface area contributed by atoms with E-state index >= 15 is 0 Å². The van der Waals surface area contributed by atoms with E-state index in [2.05, 4.69) is 0 Å². The van der Waals surface area contributed by atoms with Crippen molar-refractivity contribution in [2.45, 2.75) is 13.0 Å². The molecule has 0 aromatic rings. The molecular formula is C9H13NO2. The Morgan fingerprint density at radius 3 is 2.92 bits per heavy atom. The van der Waals surface area contributed by atoms with Crippen LogP contribution in [-0.2, 0) is 9.53 Å². The van der Waals surface area contributed by atoms with Crippen LogP contribution in [0.4, 0.5) is 0 Å². The maximum absolute atomic E-state index is 11.3. The first-order valence-electron chi connectivity index (χ1n) is 3.99. The fraction of sp³-hybridized carbons (Fsp3) is 0.444. The lowest BCUT2D eigenvalue weighted by molar-refractivity contribution is -0.146. The topological polar surface area (TPSA) is 29.5 Å². The first kappa shape index (κ1) is 8.84. The molecule has 0 fully saturated rings. The molecule has 0 saturated heterocycles. The van der Waals surface area contributed by atoms with Crippen LogP contribution in [0.2, 0.25) is 0 Å². The highest BCUT2D eigenvalue weighted by molar-refractivity contribution is 5.78. The fourth-order valence-corrected chi connectivity index (χ4v) is 1.06. The molecule has 1 atom stereocenters. The third-order valence-electron chi connectivity index (χ3n) is 1.69. The van der Waals surface area contributed by atoms with E-state index in [-0.39, 0.29) is 12.0 Å². The predicted octanol–water partition coefficient (Wildman–Crippen LogP) is 0.933. The Bertz CT molecular complexity index is 221. The molecule has 3 heteroatoms. The van der Waals surface area contributed by atoms with Crippen LogP contribution in [0.25, 0.3) is 0 Å². The summed E-state index contributed by atoms with van der Waals surface area (Å²) < 4.78 is 4.89. The Morgan fingerprint density at radius 2 is 2.33 bits per heavy atom. The van der Waals surface area contributed by atoms with E-state index in [0.29, 0.717) is 6.61 Å². The second kappa shape index (κ2) is 3.95. The zero-order valence-corrected chi connectivity index (χ0v) is 7.36. The maximum Gasteiger partial charge on any atom is 0.332 e. The maximum atomic E-state index is 11.3. The molecule has 0 aliphatic carbocycles. The minimum Gasteiger partial charge on any atom is -0.464 e. The summed E-state index contributed by atoms with van der Waals surface area (Å²) in [6.07, 6.45) is 7.40. The van der Waals surface area contributed by atoms with Gasteiger partial charge in [0.25, 0.3) is 0 Å². The van der Waals surface area contributed by atoms with Crippen LogP contribution in [0.15, 0.2) is 24.4 Å². The number of hydrogen-bond donors (Lipinski definition) is 0. The highest BCUT2D eigenvalue weighted by Crippen LogP contribution is 2.06. The third-order valence-corrected chi connectivity index (χ3v) is 1.69. The highest BCUT2D eigenvalue weighted by atomic mass is 16.5. The van der Waals surface area contributed by atoms with Crippen molar-refractivity contribution in [3.05, 3.63) is 24.4 Å². The smallest absolute Gasteiger partial charge is 0.332 e. The van der Waals surface area contributed by atoms with E-state index in [4.69, 9.17) is 4.74 Å². The van der Waals surface area contributed by atoms with Crippen molar-refractivity contribution < 1.29 is 9.53 Å². The molecule has 0 spiro atoms. The van der Waals surface area contributed by atoms with Crippen molar-refractivity contribution in [1.82, 2.24) is 4.90 Å². The Kier molecular flexibility index (Phi) is 2.91. The molecule has 0 aromatic heterocycles. The van der Waals surface area contributed by atoms with Crippen molar-refractivity contribution in [3.63, 3.8) is 0 Å². The molecule has 0 amide bonds. The Labute approximate surface area is 72.3 Å². The predicted molar refractivity (Wildman–Crippen MR) is 46.5 cm³/mol. The molecule has 1 aliphatic heterocycles. The summed E-state index contributed by atoms with van der Waals surface area (Å²) in [6, 6.07) is -0.255. The van der Waals surface area contributed by atoms with Crippen LogP contribution >= 0.6 is 0 Å². The van der Waals surface area contributed by atoms with Crippen molar-refractivity contribution in [1.29, 1.82) is 0 Å². The molecule has 0 aromatic carbocycles. The van der Waals surface area contributed by atoms with Crippen LogP contribution in [0.3, 0.4) is 0 Å². The SMILES string of the molecule is CCOC(=O)C1C=CC=CN1C. The minimum absolute atomic E-state index is 0.194. The van der Waals surface area contributed by atoms with Gasteiger partial charge in [-0.3, -0.25) is 0 Å². The first-order chi connectivity index (χ1) is 5.75. The number of nitrogens with zero attached hydrogens (tertiary/aromatic N) is 1. The Morgan fingerprint density at radius 1 is 1.58 bits per heavy atom. The van der Waals surface area contributed by atoms with Gasteiger partial charge in [0.2, 0.25) is 0 Å². The largest absolute Gasteiger partial charge is 0.464 e. The normalized spacial score (nSPS) is 21.2. The fourth-order valence-electron chi connectivity index (χ4n) is 1.06. The highest BCUT2D eigenvalue weighted by Gasteiger charge is 2.20. The molecular weight excluding hydrogens is 154 g/mol. The molecule has 1 unspecified atom stereocenters. The summed E-state index contributed by atoms with van der Waals surface area (Å²) in [7, 11) is 1.85. The van der Waals surface area contributed by atoms with E-state index < -0.39 is 0 Å². The van der Waals surface area contributed by atoms with E-state index in [9.17, 15) is 4.79 Å². The van der Waals surface area contributed by atoms with Crippen molar-refractivity contribution in [2.24, 2.45) is 0 Å². The van der Waals surface area contributed by atoms with Gasteiger partial charge in [0.15, 0.2) is 0 Å². The Hall–Kier alpha value is -1.25. The average molecular weight is 167 g/mol. The van der Waals surface area contributed by atoms with Crippen LogP contribution < -0.4 is 0 Å². The van der Waals surface area contributed by atoms with E-state index in [0.717, 1.165) is 0 Å². The number of rotatable bonds is 2. The van der Waals surface area contributed by atoms with Gasteiger partial charge in [-0.25, -0.2) is 4.79 Å². The number of ether oxygens (including phenoxy) is 1. The van der Waals surface area contributed by atoms with Crippen molar-refractivity contribution in [2.75, 3.05) is 13.7 Å². The van der Waals surface area contributed by atoms with Gasteiger partial charge >= 0.3 is 5.97 Å². The van der Waals surface area contributed by atoms with Crippen LogP contribution in [0.1, 0.15) is 6.92 Å². The van der Waals surface area contributed by atoms with Gasteiger partial charge < -0.3 is 9.64 Å². The van der Waals surface area contributed by atoms with Gasteiger partial charge in [0.1, 0.15) is 6.04 Å². The minimum atomic E-state index is -0.255. The lowest BCUT2D eigenvalue weighted by Gasteiger charge is -2.23. The molecule has 0 N–H and O–H groups in total. The number of carbonyl (C=O) groups excluding carboxylic acids is 1. The second-order valence-corrected chi connectivity index (χ2v) is 2.59. The lowest BCUT2D eigenvalue weighted by Crippen LogP contribution is -2.35. The van der Waals surface area contributed by atoms with Crippen molar-refractivity contribution in [3.8, 4) is 0 Å². The summed E-state index contributed by atoms with van der Waals surface area (Å²) in [6.45, 7) is 2.24. The molecule has 0 saturated carbocycles. The van der Waals surface area contributed by atoms with Gasteiger partial charge in [-0.15, -0.1) is 0 Å². The van der Waals surface area contributed by atoms with Gasteiger partial charge in [-0.1, -0.05) is 12.2 Å². The molecule has 1 aliphatic rings. The molecule has 1 rings (SSSR count). The molecule has 3 nitrogen and oxygen atoms in total. The van der Waals surface area contributed by atoms with Gasteiger partial charge in [0, 0.05) is 7.05 Å². The summed E-state index contributed by atoms with van der Waals surface area (Å²) in [5.74, 6) is -0.194. The van der Waals surface area contributed by atoms with E-state index in [1.54, 1.807) is 6.92 Å². The number of hydrogen-bond acceptors (Lipinski definition) is 3. The zero-order valence-electron chi connectivity index (χ0n) is 7.36. The summed E-state index contributed by atoms with van der Waals surface area (Å²) in [4.78, 5) is 13.1. The molecule has 1 heterocycles.